The second-order valence-corrected chi connectivity index (χ2v) is 4.75. The zero-order valence-electron chi connectivity index (χ0n) is 10.1. The van der Waals surface area contributed by atoms with Crippen LogP contribution in [0.15, 0.2) is 27.2 Å². The summed E-state index contributed by atoms with van der Waals surface area (Å²) >= 11 is 3.28. The predicted molar refractivity (Wildman–Crippen MR) is 72.0 cm³/mol. The lowest BCUT2D eigenvalue weighted by molar-refractivity contribution is -0.384. The molecule has 0 amide bonds. The fourth-order valence-corrected chi connectivity index (χ4v) is 1.92. The summed E-state index contributed by atoms with van der Waals surface area (Å²) in [5.41, 5.74) is 0.487. The van der Waals surface area contributed by atoms with E-state index in [1.54, 1.807) is 19.1 Å². The lowest BCUT2D eigenvalue weighted by Crippen LogP contribution is -2.07. The van der Waals surface area contributed by atoms with Crippen LogP contribution < -0.4 is 5.32 Å². The maximum Gasteiger partial charge on any atom is 0.292 e. The number of hydrogen-bond donors (Lipinski definition) is 1. The lowest BCUT2D eigenvalue weighted by atomic mass is 10.2. The van der Waals surface area contributed by atoms with Crippen LogP contribution in [0.5, 0.6) is 0 Å². The zero-order chi connectivity index (χ0) is 13.8. The van der Waals surface area contributed by atoms with Crippen molar-refractivity contribution < 1.29 is 9.45 Å². The maximum atomic E-state index is 10.9. The number of benzene rings is 1. The van der Waals surface area contributed by atoms with Gasteiger partial charge in [0.05, 0.1) is 4.92 Å². The van der Waals surface area contributed by atoms with Crippen LogP contribution in [0.25, 0.3) is 0 Å². The van der Waals surface area contributed by atoms with E-state index in [0.717, 1.165) is 4.47 Å². The Bertz CT molecular complexity index is 599. The van der Waals surface area contributed by atoms with E-state index in [4.69, 9.17) is 4.52 Å². The Morgan fingerprint density at radius 3 is 2.95 bits per heavy atom. The van der Waals surface area contributed by atoms with E-state index in [0.29, 0.717) is 30.4 Å². The SMILES string of the molecule is Cc1noc(CCNc2cc(Br)ccc2[N+](=O)[O-])n1. The number of nitrogens with one attached hydrogen (secondary N) is 1. The molecule has 1 heterocycles. The third-order valence-corrected chi connectivity index (χ3v) is 2.87. The van der Waals surface area contributed by atoms with E-state index >= 15 is 0 Å². The standard InChI is InChI=1S/C11H11BrN4O3/c1-7-14-11(19-15-7)4-5-13-9-6-8(12)2-3-10(9)16(17)18/h2-3,6,13H,4-5H2,1H3. The van der Waals surface area contributed by atoms with Crippen LogP contribution in [-0.2, 0) is 6.42 Å². The molecule has 8 heteroatoms. The van der Waals surface area contributed by atoms with E-state index in [-0.39, 0.29) is 5.69 Å². The first-order valence-electron chi connectivity index (χ1n) is 5.53. The summed E-state index contributed by atoms with van der Waals surface area (Å²) in [5, 5.41) is 17.5. The number of aryl methyl sites for hydroxylation is 1. The Morgan fingerprint density at radius 2 is 2.32 bits per heavy atom. The van der Waals surface area contributed by atoms with Gasteiger partial charge in [0.1, 0.15) is 5.69 Å². The fourth-order valence-electron chi connectivity index (χ4n) is 1.55. The monoisotopic (exact) mass is 326 g/mol. The number of nitrogens with zero attached hydrogens (tertiary/aromatic N) is 3. The molecule has 0 saturated carbocycles. The van der Waals surface area contributed by atoms with E-state index in [9.17, 15) is 10.1 Å². The average molecular weight is 327 g/mol. The quantitative estimate of drug-likeness (QED) is 0.670. The van der Waals surface area contributed by atoms with Crippen molar-refractivity contribution in [2.24, 2.45) is 0 Å². The van der Waals surface area contributed by atoms with Gasteiger partial charge in [-0.25, -0.2) is 0 Å². The summed E-state index contributed by atoms with van der Waals surface area (Å²) in [6.45, 7) is 2.21. The van der Waals surface area contributed by atoms with Crippen LogP contribution >= 0.6 is 15.9 Å². The number of nitro groups is 1. The van der Waals surface area contributed by atoms with Crippen LogP contribution in [0, 0.1) is 17.0 Å². The lowest BCUT2D eigenvalue weighted by Gasteiger charge is -2.06. The molecule has 2 rings (SSSR count). The minimum absolute atomic E-state index is 0.0323. The highest BCUT2D eigenvalue weighted by molar-refractivity contribution is 9.10. The largest absolute Gasteiger partial charge is 0.379 e. The van der Waals surface area contributed by atoms with E-state index < -0.39 is 4.92 Å². The fraction of sp³-hybridized carbons (Fsp3) is 0.273. The van der Waals surface area contributed by atoms with Gasteiger partial charge in [0.2, 0.25) is 5.89 Å². The molecule has 0 bridgehead atoms. The molecule has 0 radical (unpaired) electrons. The molecule has 2 aromatic rings. The van der Waals surface area contributed by atoms with E-state index in [1.807, 2.05) is 0 Å². The second-order valence-electron chi connectivity index (χ2n) is 3.83. The van der Waals surface area contributed by atoms with E-state index in [2.05, 4.69) is 31.4 Å². The maximum absolute atomic E-state index is 10.9. The first kappa shape index (κ1) is 13.5. The molecular formula is C11H11BrN4O3. The number of hydrogen-bond acceptors (Lipinski definition) is 6. The zero-order valence-corrected chi connectivity index (χ0v) is 11.7. The smallest absolute Gasteiger partial charge is 0.292 e. The highest BCUT2D eigenvalue weighted by Gasteiger charge is 2.13. The molecule has 0 fully saturated rings. The van der Waals surface area contributed by atoms with Crippen molar-refractivity contribution in [3.8, 4) is 0 Å². The number of nitro benzene ring substituents is 1. The molecule has 1 aromatic heterocycles. The van der Waals surface area contributed by atoms with Gasteiger partial charge in [-0.15, -0.1) is 0 Å². The van der Waals surface area contributed by atoms with Crippen LogP contribution in [0.1, 0.15) is 11.7 Å². The van der Waals surface area contributed by atoms with Gasteiger partial charge in [-0.05, 0) is 19.1 Å². The topological polar surface area (TPSA) is 94.1 Å². The summed E-state index contributed by atoms with van der Waals surface area (Å²) in [4.78, 5) is 14.5. The molecule has 19 heavy (non-hydrogen) atoms. The Balaban J connectivity index is 2.02. The van der Waals surface area contributed by atoms with Gasteiger partial charge in [-0.2, -0.15) is 4.98 Å². The Morgan fingerprint density at radius 1 is 1.53 bits per heavy atom. The van der Waals surface area contributed by atoms with Gasteiger partial charge in [0.25, 0.3) is 5.69 Å². The molecule has 100 valence electrons. The van der Waals surface area contributed by atoms with Crippen LogP contribution in [-0.4, -0.2) is 21.6 Å². The second kappa shape index (κ2) is 5.79. The average Bonchev–Trinajstić information content (AvgIpc) is 2.75. The van der Waals surface area contributed by atoms with Gasteiger partial charge in [-0.3, -0.25) is 10.1 Å². The molecule has 7 nitrogen and oxygen atoms in total. The molecular weight excluding hydrogens is 316 g/mol. The predicted octanol–water partition coefficient (Wildman–Crippen LogP) is 2.70. The van der Waals surface area contributed by atoms with Gasteiger partial charge >= 0.3 is 0 Å². The van der Waals surface area contributed by atoms with Crippen molar-refractivity contribution in [3.63, 3.8) is 0 Å². The van der Waals surface area contributed by atoms with Crippen molar-refractivity contribution in [2.45, 2.75) is 13.3 Å². The molecule has 0 spiro atoms. The van der Waals surface area contributed by atoms with Crippen molar-refractivity contribution in [3.05, 3.63) is 44.5 Å². The number of anilines is 1. The number of halogens is 1. The number of aromatic nitrogens is 2. The van der Waals surface area contributed by atoms with Crippen LogP contribution in [0.3, 0.4) is 0 Å². The Hall–Kier alpha value is -1.96. The van der Waals surface area contributed by atoms with E-state index in [1.165, 1.54) is 6.07 Å². The van der Waals surface area contributed by atoms with Crippen molar-refractivity contribution in [1.82, 2.24) is 10.1 Å². The number of rotatable bonds is 5. The van der Waals surface area contributed by atoms with Gasteiger partial charge in [0, 0.05) is 23.5 Å². The summed E-state index contributed by atoms with van der Waals surface area (Å²) < 4.78 is 5.73. The minimum Gasteiger partial charge on any atom is -0.379 e. The molecule has 0 aliphatic rings. The molecule has 1 aromatic carbocycles. The first-order chi connectivity index (χ1) is 9.06. The Kier molecular flexibility index (Phi) is 4.10. The Labute approximate surface area is 117 Å². The van der Waals surface area contributed by atoms with Crippen molar-refractivity contribution >= 4 is 27.3 Å². The summed E-state index contributed by atoms with van der Waals surface area (Å²) in [7, 11) is 0. The highest BCUT2D eigenvalue weighted by Crippen LogP contribution is 2.27. The van der Waals surface area contributed by atoms with Crippen molar-refractivity contribution in [1.29, 1.82) is 0 Å². The molecule has 0 aliphatic carbocycles. The van der Waals surface area contributed by atoms with Gasteiger partial charge in [-0.1, -0.05) is 21.1 Å². The summed E-state index contributed by atoms with van der Waals surface area (Å²) in [6, 6.07) is 4.74. The van der Waals surface area contributed by atoms with Crippen molar-refractivity contribution in [2.75, 3.05) is 11.9 Å². The molecule has 0 saturated heterocycles. The third-order valence-electron chi connectivity index (χ3n) is 2.38. The molecule has 0 atom stereocenters. The highest BCUT2D eigenvalue weighted by atomic mass is 79.9. The van der Waals surface area contributed by atoms with Gasteiger partial charge in [0.15, 0.2) is 5.82 Å². The van der Waals surface area contributed by atoms with Crippen LogP contribution in [0.4, 0.5) is 11.4 Å². The normalized spacial score (nSPS) is 10.4. The molecule has 1 N–H and O–H groups in total. The molecule has 0 unspecified atom stereocenters. The summed E-state index contributed by atoms with van der Waals surface area (Å²) in [6.07, 6.45) is 0.504. The van der Waals surface area contributed by atoms with Crippen LogP contribution in [0.2, 0.25) is 0 Å². The third kappa shape index (κ3) is 3.50. The first-order valence-corrected chi connectivity index (χ1v) is 6.32. The molecule has 0 aliphatic heterocycles. The summed E-state index contributed by atoms with van der Waals surface area (Å²) in [5.74, 6) is 1.08. The minimum atomic E-state index is -0.425. The van der Waals surface area contributed by atoms with Gasteiger partial charge < -0.3 is 9.84 Å².